The molecule has 1 heterocycles. The summed E-state index contributed by atoms with van der Waals surface area (Å²) in [5, 5.41) is 31.9. The highest BCUT2D eigenvalue weighted by Crippen LogP contribution is 2.16. The first-order valence-corrected chi connectivity index (χ1v) is 7.26. The van der Waals surface area contributed by atoms with E-state index in [4.69, 9.17) is 9.84 Å². The molecular formula is C13H18INO4. The molecule has 0 aliphatic carbocycles. The fraction of sp³-hybridized carbons (Fsp3) is 0.538. The van der Waals surface area contributed by atoms with Crippen LogP contribution in [0.1, 0.15) is 5.56 Å². The van der Waals surface area contributed by atoms with Crippen LogP contribution in [0.5, 0.6) is 0 Å². The van der Waals surface area contributed by atoms with E-state index < -0.39 is 18.3 Å². The van der Waals surface area contributed by atoms with Gasteiger partial charge in [0, 0.05) is 10.1 Å². The summed E-state index contributed by atoms with van der Waals surface area (Å²) in [5.41, 5.74) is 1.10. The van der Waals surface area contributed by atoms with Crippen molar-refractivity contribution in [2.24, 2.45) is 0 Å². The average molecular weight is 379 g/mol. The van der Waals surface area contributed by atoms with Crippen LogP contribution in [0.25, 0.3) is 0 Å². The Bertz CT molecular complexity index is 400. The molecule has 1 aromatic carbocycles. The zero-order chi connectivity index (χ0) is 13.8. The minimum absolute atomic E-state index is 0.272. The first kappa shape index (κ1) is 15.1. The highest BCUT2D eigenvalue weighted by Gasteiger charge is 2.37. The number of halogens is 1. The number of benzene rings is 1. The topological polar surface area (TPSA) is 82.0 Å². The Morgan fingerprint density at radius 2 is 1.89 bits per heavy atom. The molecule has 1 aliphatic rings. The number of hydrogen-bond acceptors (Lipinski definition) is 5. The van der Waals surface area contributed by atoms with Crippen molar-refractivity contribution in [2.45, 2.75) is 30.9 Å². The average Bonchev–Trinajstić information content (AvgIpc) is 2.42. The summed E-state index contributed by atoms with van der Waals surface area (Å²) in [5.74, 6) is 0. The van der Waals surface area contributed by atoms with Crippen molar-refractivity contribution >= 4 is 22.6 Å². The molecule has 4 N–H and O–H groups in total. The molecule has 0 saturated carbocycles. The highest BCUT2D eigenvalue weighted by atomic mass is 127. The predicted octanol–water partition coefficient (Wildman–Crippen LogP) is -0.138. The van der Waals surface area contributed by atoms with Gasteiger partial charge in [-0.15, -0.1) is 0 Å². The molecule has 5 nitrogen and oxygen atoms in total. The fourth-order valence-corrected chi connectivity index (χ4v) is 2.43. The number of ether oxygens (including phenoxy) is 1. The van der Waals surface area contributed by atoms with E-state index in [0.717, 1.165) is 5.56 Å². The zero-order valence-electron chi connectivity index (χ0n) is 10.4. The molecule has 4 atom stereocenters. The van der Waals surface area contributed by atoms with E-state index in [1.165, 1.54) is 3.57 Å². The lowest BCUT2D eigenvalue weighted by atomic mass is 9.98. The lowest BCUT2D eigenvalue weighted by Crippen LogP contribution is -2.58. The summed E-state index contributed by atoms with van der Waals surface area (Å²) in [6.07, 6.45) is -2.70. The molecule has 6 heteroatoms. The van der Waals surface area contributed by atoms with Gasteiger partial charge in [0.1, 0.15) is 18.3 Å². The Hall–Kier alpha value is -0.250. The van der Waals surface area contributed by atoms with Gasteiger partial charge in [-0.1, -0.05) is 12.1 Å². The van der Waals surface area contributed by atoms with Crippen LogP contribution in [0.3, 0.4) is 0 Å². The van der Waals surface area contributed by atoms with Crippen LogP contribution in [0.4, 0.5) is 0 Å². The van der Waals surface area contributed by atoms with Crippen LogP contribution >= 0.6 is 22.6 Å². The second kappa shape index (κ2) is 6.96. The van der Waals surface area contributed by atoms with Crippen LogP contribution < -0.4 is 5.32 Å². The van der Waals surface area contributed by atoms with Crippen molar-refractivity contribution in [2.75, 3.05) is 13.2 Å². The molecule has 2 rings (SSSR count). The third-order valence-electron chi connectivity index (χ3n) is 3.29. The molecule has 0 bridgehead atoms. The summed E-state index contributed by atoms with van der Waals surface area (Å²) < 4.78 is 6.48. The SMILES string of the molecule is OC[C@H]1OC[C@H](NCc2ccc(I)cc2)[C@@H](O)[C@@H]1O. The first-order valence-electron chi connectivity index (χ1n) is 6.18. The van der Waals surface area contributed by atoms with Crippen molar-refractivity contribution in [3.05, 3.63) is 33.4 Å². The fourth-order valence-electron chi connectivity index (χ4n) is 2.07. The third-order valence-corrected chi connectivity index (χ3v) is 4.01. The maximum Gasteiger partial charge on any atom is 0.110 e. The largest absolute Gasteiger partial charge is 0.394 e. The van der Waals surface area contributed by atoms with Crippen LogP contribution in [0, 0.1) is 3.57 Å². The monoisotopic (exact) mass is 379 g/mol. The van der Waals surface area contributed by atoms with Gasteiger partial charge >= 0.3 is 0 Å². The van der Waals surface area contributed by atoms with Gasteiger partial charge in [0.15, 0.2) is 0 Å². The molecule has 106 valence electrons. The number of nitrogens with one attached hydrogen (secondary N) is 1. The van der Waals surface area contributed by atoms with E-state index in [0.29, 0.717) is 6.54 Å². The van der Waals surface area contributed by atoms with Crippen molar-refractivity contribution in [3.63, 3.8) is 0 Å². The van der Waals surface area contributed by atoms with Crippen molar-refractivity contribution in [3.8, 4) is 0 Å². The smallest absolute Gasteiger partial charge is 0.110 e. The molecule has 1 aromatic rings. The Morgan fingerprint density at radius 1 is 1.21 bits per heavy atom. The minimum Gasteiger partial charge on any atom is -0.394 e. The number of aliphatic hydroxyl groups is 3. The highest BCUT2D eigenvalue weighted by molar-refractivity contribution is 14.1. The van der Waals surface area contributed by atoms with Crippen LogP contribution in [-0.2, 0) is 11.3 Å². The molecule has 0 spiro atoms. The van der Waals surface area contributed by atoms with Gasteiger partial charge in [0.2, 0.25) is 0 Å². The summed E-state index contributed by atoms with van der Waals surface area (Å²) >= 11 is 2.24. The van der Waals surface area contributed by atoms with E-state index in [-0.39, 0.29) is 19.3 Å². The standard InChI is InChI=1S/C13H18INO4/c14-9-3-1-8(2-4-9)5-15-10-7-19-11(6-16)13(18)12(10)17/h1-4,10-13,15-18H,5-7H2/t10-,11+,12+,13+/m0/s1. The number of aliphatic hydroxyl groups excluding tert-OH is 3. The maximum atomic E-state index is 9.96. The van der Waals surface area contributed by atoms with Gasteiger partial charge in [0.05, 0.1) is 19.3 Å². The van der Waals surface area contributed by atoms with Crippen LogP contribution in [-0.4, -0.2) is 52.9 Å². The van der Waals surface area contributed by atoms with Crippen molar-refractivity contribution < 1.29 is 20.1 Å². The summed E-state index contributed by atoms with van der Waals surface area (Å²) in [7, 11) is 0. The lowest BCUT2D eigenvalue weighted by Gasteiger charge is -2.37. The van der Waals surface area contributed by atoms with Crippen LogP contribution in [0.15, 0.2) is 24.3 Å². The molecule has 0 radical (unpaired) electrons. The normalized spacial score (nSPS) is 31.4. The molecule has 19 heavy (non-hydrogen) atoms. The second-order valence-corrected chi connectivity index (χ2v) is 5.90. The molecule has 1 aliphatic heterocycles. The predicted molar refractivity (Wildman–Crippen MR) is 78.6 cm³/mol. The van der Waals surface area contributed by atoms with Gasteiger partial charge in [0.25, 0.3) is 0 Å². The lowest BCUT2D eigenvalue weighted by molar-refractivity contribution is -0.161. The minimum atomic E-state index is -1.06. The number of rotatable bonds is 4. The van der Waals surface area contributed by atoms with E-state index >= 15 is 0 Å². The molecule has 1 fully saturated rings. The van der Waals surface area contributed by atoms with E-state index in [9.17, 15) is 10.2 Å². The zero-order valence-corrected chi connectivity index (χ0v) is 12.5. The third kappa shape index (κ3) is 3.87. The van der Waals surface area contributed by atoms with Crippen LogP contribution in [0.2, 0.25) is 0 Å². The first-order chi connectivity index (χ1) is 9.11. The summed E-state index contributed by atoms with van der Waals surface area (Å²) in [4.78, 5) is 0. The number of hydrogen-bond donors (Lipinski definition) is 4. The summed E-state index contributed by atoms with van der Waals surface area (Å²) in [6, 6.07) is 7.72. The molecule has 0 aromatic heterocycles. The van der Waals surface area contributed by atoms with E-state index in [2.05, 4.69) is 27.9 Å². The maximum absolute atomic E-state index is 9.96. The summed E-state index contributed by atoms with van der Waals surface area (Å²) in [6.45, 7) is 0.578. The Kier molecular flexibility index (Phi) is 5.55. The molecule has 0 amide bonds. The molecule has 0 unspecified atom stereocenters. The second-order valence-electron chi connectivity index (χ2n) is 4.65. The Labute approximate surface area is 125 Å². The van der Waals surface area contributed by atoms with E-state index in [1.54, 1.807) is 0 Å². The van der Waals surface area contributed by atoms with Gasteiger partial charge in [-0.3, -0.25) is 0 Å². The molecule has 1 saturated heterocycles. The van der Waals surface area contributed by atoms with Gasteiger partial charge in [-0.05, 0) is 40.3 Å². The van der Waals surface area contributed by atoms with Crippen molar-refractivity contribution in [1.82, 2.24) is 5.32 Å². The molecular weight excluding hydrogens is 361 g/mol. The van der Waals surface area contributed by atoms with Gasteiger partial charge < -0.3 is 25.4 Å². The Morgan fingerprint density at radius 3 is 2.53 bits per heavy atom. The van der Waals surface area contributed by atoms with E-state index in [1.807, 2.05) is 24.3 Å². The quantitative estimate of drug-likeness (QED) is 0.548. The Balaban J connectivity index is 1.88. The van der Waals surface area contributed by atoms with Gasteiger partial charge in [-0.25, -0.2) is 0 Å². The van der Waals surface area contributed by atoms with Crippen molar-refractivity contribution in [1.29, 1.82) is 0 Å². The van der Waals surface area contributed by atoms with Gasteiger partial charge in [-0.2, -0.15) is 0 Å².